The van der Waals surface area contributed by atoms with Crippen molar-refractivity contribution in [3.63, 3.8) is 0 Å². The summed E-state index contributed by atoms with van der Waals surface area (Å²) in [6.45, 7) is 6.44. The molecule has 0 saturated heterocycles. The van der Waals surface area contributed by atoms with Gasteiger partial charge in [0.2, 0.25) is 0 Å². The van der Waals surface area contributed by atoms with Crippen molar-refractivity contribution in [1.29, 1.82) is 0 Å². The van der Waals surface area contributed by atoms with Crippen LogP contribution >= 0.6 is 0 Å². The Bertz CT molecular complexity index is 294. The Balaban J connectivity index is 0. The summed E-state index contributed by atoms with van der Waals surface area (Å²) in [4.78, 5) is 22.9. The third-order valence-corrected chi connectivity index (χ3v) is 3.32. The molecule has 0 heterocycles. The van der Waals surface area contributed by atoms with Crippen LogP contribution in [-0.2, 0) is 30.7 Å². The molecule has 2 atom stereocenters. The Morgan fingerprint density at radius 2 is 1.52 bits per heavy atom. The second-order valence-corrected chi connectivity index (χ2v) is 4.92. The summed E-state index contributed by atoms with van der Waals surface area (Å²) in [6, 6.07) is 0.657. The number of aliphatic carboxylic acids is 2. The first-order valence-electron chi connectivity index (χ1n) is 6.98. The van der Waals surface area contributed by atoms with Gasteiger partial charge >= 0.3 is 21.1 Å². The van der Waals surface area contributed by atoms with E-state index in [0.29, 0.717) is 25.0 Å². The van der Waals surface area contributed by atoms with E-state index in [2.05, 4.69) is 4.90 Å². The SMILES string of the molecule is CCN(CC)CCCC(C(=O)[O-])C(=O)[O-].NC1CC1N.[Pt+2]. The molecule has 0 bridgehead atoms. The molecule has 2 unspecified atom stereocenters. The Hall–Kier alpha value is -0.492. The maximum atomic E-state index is 10.4. The molecule has 1 aliphatic carbocycles. The smallest absolute Gasteiger partial charge is 0.549 e. The van der Waals surface area contributed by atoms with Gasteiger partial charge in [-0.05, 0) is 38.9 Å². The molecular weight excluding hydrogens is 457 g/mol. The number of hydrogen-bond acceptors (Lipinski definition) is 7. The van der Waals surface area contributed by atoms with Gasteiger partial charge in [0.25, 0.3) is 0 Å². The summed E-state index contributed by atoms with van der Waals surface area (Å²) < 4.78 is 0. The molecule has 7 nitrogen and oxygen atoms in total. The number of carboxylic acids is 2. The van der Waals surface area contributed by atoms with Crippen LogP contribution in [0.25, 0.3) is 0 Å². The minimum atomic E-state index is -1.56. The molecule has 1 fully saturated rings. The van der Waals surface area contributed by atoms with Crippen molar-refractivity contribution in [2.75, 3.05) is 19.6 Å². The molecule has 1 saturated carbocycles. The molecule has 0 amide bonds. The molecule has 0 radical (unpaired) electrons. The zero-order valence-electron chi connectivity index (χ0n) is 12.5. The minimum Gasteiger partial charge on any atom is -0.549 e. The second-order valence-electron chi connectivity index (χ2n) is 4.92. The van der Waals surface area contributed by atoms with E-state index in [4.69, 9.17) is 11.5 Å². The standard InChI is InChI=1S/C10H19NO4.C3H8N2.Pt/c1-3-11(4-2)7-5-6-8(9(12)13)10(14)15;4-2-1-3(2)5;/h8H,3-7H2,1-2H3,(H,12,13)(H,14,15);2-3H,1,4-5H2;/q;;+2/p-2. The molecule has 126 valence electrons. The fourth-order valence-electron chi connectivity index (χ4n) is 1.63. The van der Waals surface area contributed by atoms with Crippen LogP contribution in [0.1, 0.15) is 33.1 Å². The van der Waals surface area contributed by atoms with Crippen molar-refractivity contribution >= 4 is 11.9 Å². The molecule has 0 spiro atoms. The van der Waals surface area contributed by atoms with Crippen molar-refractivity contribution in [2.24, 2.45) is 17.4 Å². The molecule has 0 aromatic carbocycles. The van der Waals surface area contributed by atoms with Crippen molar-refractivity contribution in [3.8, 4) is 0 Å². The molecule has 8 heteroatoms. The number of carbonyl (C=O) groups is 2. The Labute approximate surface area is 140 Å². The van der Waals surface area contributed by atoms with Crippen LogP contribution in [0, 0.1) is 5.92 Å². The third kappa shape index (κ3) is 10.8. The predicted molar refractivity (Wildman–Crippen MR) is 71.1 cm³/mol. The zero-order valence-corrected chi connectivity index (χ0v) is 14.8. The number of carbonyl (C=O) groups excluding carboxylic acids is 2. The van der Waals surface area contributed by atoms with E-state index in [0.717, 1.165) is 19.5 Å². The average molecular weight is 482 g/mol. The van der Waals surface area contributed by atoms with Crippen LogP contribution in [0.5, 0.6) is 0 Å². The summed E-state index contributed by atoms with van der Waals surface area (Å²) in [6.07, 6.45) is 1.62. The van der Waals surface area contributed by atoms with Crippen molar-refractivity contribution in [2.45, 2.75) is 45.2 Å². The quantitative estimate of drug-likeness (QED) is 0.359. The Morgan fingerprint density at radius 1 is 1.14 bits per heavy atom. The predicted octanol–water partition coefficient (Wildman–Crippen LogP) is -2.73. The van der Waals surface area contributed by atoms with E-state index in [-0.39, 0.29) is 27.5 Å². The van der Waals surface area contributed by atoms with Gasteiger partial charge < -0.3 is 36.2 Å². The summed E-state index contributed by atoms with van der Waals surface area (Å²) >= 11 is 0. The van der Waals surface area contributed by atoms with Gasteiger partial charge in [-0.3, -0.25) is 0 Å². The largest absolute Gasteiger partial charge is 2.00 e. The first kappa shape index (κ1) is 22.8. The number of rotatable bonds is 8. The molecule has 4 N–H and O–H groups in total. The Morgan fingerprint density at radius 3 is 1.76 bits per heavy atom. The topological polar surface area (TPSA) is 136 Å². The number of carboxylic acid groups (broad SMARTS) is 2. The van der Waals surface area contributed by atoms with Gasteiger partial charge in [0, 0.05) is 18.0 Å². The van der Waals surface area contributed by atoms with Crippen LogP contribution < -0.4 is 21.7 Å². The zero-order chi connectivity index (χ0) is 15.7. The first-order chi connectivity index (χ1) is 9.33. The van der Waals surface area contributed by atoms with E-state index >= 15 is 0 Å². The number of hydrogen-bond donors (Lipinski definition) is 2. The van der Waals surface area contributed by atoms with Crippen molar-refractivity contribution in [3.05, 3.63) is 0 Å². The first-order valence-corrected chi connectivity index (χ1v) is 6.98. The van der Waals surface area contributed by atoms with Crippen LogP contribution in [-0.4, -0.2) is 48.6 Å². The average Bonchev–Trinajstić information content (AvgIpc) is 3.02. The van der Waals surface area contributed by atoms with E-state index < -0.39 is 17.9 Å². The van der Waals surface area contributed by atoms with Gasteiger partial charge in [0.1, 0.15) is 0 Å². The maximum Gasteiger partial charge on any atom is 2.00 e. The van der Waals surface area contributed by atoms with E-state index in [1.165, 1.54) is 0 Å². The fraction of sp³-hybridized carbons (Fsp3) is 0.846. The number of nitrogens with zero attached hydrogens (tertiary/aromatic N) is 1. The maximum absolute atomic E-state index is 10.4. The van der Waals surface area contributed by atoms with E-state index in [1.54, 1.807) is 0 Å². The molecule has 1 aliphatic rings. The van der Waals surface area contributed by atoms with E-state index in [9.17, 15) is 19.8 Å². The Kier molecular flexibility index (Phi) is 13.1. The van der Waals surface area contributed by atoms with Gasteiger partial charge in [-0.25, -0.2) is 0 Å². The van der Waals surface area contributed by atoms with Gasteiger partial charge in [0.15, 0.2) is 0 Å². The van der Waals surface area contributed by atoms with Crippen LogP contribution in [0.3, 0.4) is 0 Å². The van der Waals surface area contributed by atoms with Crippen molar-refractivity contribution < 1.29 is 40.9 Å². The molecule has 21 heavy (non-hydrogen) atoms. The summed E-state index contributed by atoms with van der Waals surface area (Å²) in [5, 5.41) is 20.8. The molecule has 0 aromatic heterocycles. The van der Waals surface area contributed by atoms with Crippen LogP contribution in [0.2, 0.25) is 0 Å². The number of nitrogens with two attached hydrogens (primary N) is 2. The van der Waals surface area contributed by atoms with Crippen LogP contribution in [0.4, 0.5) is 0 Å². The molecule has 1 rings (SSSR count). The minimum absolute atomic E-state index is 0. The molecular formula is C13H25N3O4Pt. The second kappa shape index (κ2) is 12.1. The summed E-state index contributed by atoms with van der Waals surface area (Å²) in [7, 11) is 0. The van der Waals surface area contributed by atoms with Gasteiger partial charge in [-0.2, -0.15) is 0 Å². The van der Waals surface area contributed by atoms with Gasteiger partial charge in [-0.15, -0.1) is 0 Å². The molecule has 0 aromatic rings. The van der Waals surface area contributed by atoms with E-state index in [1.807, 2.05) is 13.8 Å². The van der Waals surface area contributed by atoms with Gasteiger partial charge in [0.05, 0.1) is 11.9 Å². The van der Waals surface area contributed by atoms with Crippen LogP contribution in [0.15, 0.2) is 0 Å². The summed E-state index contributed by atoms with van der Waals surface area (Å²) in [5.74, 6) is -4.61. The fourth-order valence-corrected chi connectivity index (χ4v) is 1.63. The third-order valence-electron chi connectivity index (χ3n) is 3.32. The van der Waals surface area contributed by atoms with Gasteiger partial charge in [-0.1, -0.05) is 13.8 Å². The summed E-state index contributed by atoms with van der Waals surface area (Å²) in [5.41, 5.74) is 10.5. The monoisotopic (exact) mass is 482 g/mol. The molecule has 0 aliphatic heterocycles. The van der Waals surface area contributed by atoms with Crippen molar-refractivity contribution in [1.82, 2.24) is 4.90 Å². The normalized spacial score (nSPS) is 19.5.